The second-order valence-corrected chi connectivity index (χ2v) is 5.61. The van der Waals surface area contributed by atoms with Gasteiger partial charge in [0.05, 0.1) is 4.47 Å². The molecule has 1 N–H and O–H groups in total. The molecule has 0 saturated carbocycles. The fourth-order valence-corrected chi connectivity index (χ4v) is 2.33. The molecule has 18 heavy (non-hydrogen) atoms. The molecule has 1 unspecified atom stereocenters. The molecule has 100 valence electrons. The van der Waals surface area contributed by atoms with Gasteiger partial charge < -0.3 is 19.7 Å². The number of hydrogen-bond donors (Lipinski definition) is 1. The molecule has 0 aromatic heterocycles. The minimum Gasteiger partial charge on any atom is -0.454 e. The van der Waals surface area contributed by atoms with Crippen molar-refractivity contribution in [2.24, 2.45) is 0 Å². The highest BCUT2D eigenvalue weighted by atomic mass is 79.9. The SMILES string of the molecule is CC(CNCc1cc(Br)c2c(c1)OCO2)N(C)C. The highest BCUT2D eigenvalue weighted by molar-refractivity contribution is 9.10. The lowest BCUT2D eigenvalue weighted by Crippen LogP contribution is -2.35. The van der Waals surface area contributed by atoms with Crippen LogP contribution < -0.4 is 14.8 Å². The Bertz CT molecular complexity index is 424. The summed E-state index contributed by atoms with van der Waals surface area (Å²) in [5.41, 5.74) is 1.19. The van der Waals surface area contributed by atoms with E-state index in [0.717, 1.165) is 29.1 Å². The number of nitrogens with zero attached hydrogens (tertiary/aromatic N) is 1. The summed E-state index contributed by atoms with van der Waals surface area (Å²) < 4.78 is 11.7. The van der Waals surface area contributed by atoms with Crippen LogP contribution in [0.5, 0.6) is 11.5 Å². The Kier molecular flexibility index (Phi) is 4.48. The van der Waals surface area contributed by atoms with Crippen molar-refractivity contribution in [1.29, 1.82) is 0 Å². The average molecular weight is 315 g/mol. The van der Waals surface area contributed by atoms with Crippen LogP contribution in [0.15, 0.2) is 16.6 Å². The zero-order valence-electron chi connectivity index (χ0n) is 11.0. The Morgan fingerprint density at radius 1 is 1.39 bits per heavy atom. The van der Waals surface area contributed by atoms with E-state index >= 15 is 0 Å². The fourth-order valence-electron chi connectivity index (χ4n) is 1.73. The van der Waals surface area contributed by atoms with Gasteiger partial charge >= 0.3 is 0 Å². The first kappa shape index (κ1) is 13.6. The number of rotatable bonds is 5. The third kappa shape index (κ3) is 3.16. The van der Waals surface area contributed by atoms with E-state index in [1.165, 1.54) is 5.56 Å². The van der Waals surface area contributed by atoms with Crippen LogP contribution in [0.2, 0.25) is 0 Å². The van der Waals surface area contributed by atoms with Gasteiger partial charge in [-0.1, -0.05) is 0 Å². The van der Waals surface area contributed by atoms with E-state index < -0.39 is 0 Å². The normalized spacial score (nSPS) is 15.2. The number of hydrogen-bond acceptors (Lipinski definition) is 4. The van der Waals surface area contributed by atoms with Gasteiger partial charge in [0.1, 0.15) is 0 Å². The van der Waals surface area contributed by atoms with Gasteiger partial charge in [-0.15, -0.1) is 0 Å². The van der Waals surface area contributed by atoms with E-state index in [1.807, 2.05) is 6.07 Å². The molecule has 1 aromatic rings. The molecule has 1 heterocycles. The molecular formula is C13H19BrN2O2. The Labute approximate surface area is 116 Å². The van der Waals surface area contributed by atoms with Gasteiger partial charge in [0.15, 0.2) is 11.5 Å². The van der Waals surface area contributed by atoms with Gasteiger partial charge in [0.2, 0.25) is 6.79 Å². The zero-order chi connectivity index (χ0) is 13.1. The summed E-state index contributed by atoms with van der Waals surface area (Å²) in [6, 6.07) is 4.61. The van der Waals surface area contributed by atoms with Crippen molar-refractivity contribution in [1.82, 2.24) is 10.2 Å². The van der Waals surface area contributed by atoms with Crippen molar-refractivity contribution in [3.05, 3.63) is 22.2 Å². The van der Waals surface area contributed by atoms with E-state index in [0.29, 0.717) is 12.8 Å². The molecule has 0 amide bonds. The van der Waals surface area contributed by atoms with Crippen LogP contribution in [0, 0.1) is 0 Å². The molecule has 1 aliphatic rings. The average Bonchev–Trinajstić information content (AvgIpc) is 2.77. The van der Waals surface area contributed by atoms with Crippen molar-refractivity contribution in [2.75, 3.05) is 27.4 Å². The Balaban J connectivity index is 1.92. The smallest absolute Gasteiger partial charge is 0.231 e. The molecular weight excluding hydrogens is 296 g/mol. The standard InChI is InChI=1S/C13H19BrN2O2/c1-9(16(2)3)6-15-7-10-4-11(14)13-12(5-10)17-8-18-13/h4-5,9,15H,6-8H2,1-3H3. The van der Waals surface area contributed by atoms with Crippen LogP contribution in [0.3, 0.4) is 0 Å². The first-order valence-corrected chi connectivity index (χ1v) is 6.82. The van der Waals surface area contributed by atoms with Crippen LogP contribution >= 0.6 is 15.9 Å². The summed E-state index contributed by atoms with van der Waals surface area (Å²) in [6.45, 7) is 4.29. The van der Waals surface area contributed by atoms with Crippen LogP contribution in [0.25, 0.3) is 0 Å². The molecule has 0 fully saturated rings. The van der Waals surface area contributed by atoms with Crippen molar-refractivity contribution < 1.29 is 9.47 Å². The van der Waals surface area contributed by atoms with E-state index in [2.05, 4.69) is 53.2 Å². The number of ether oxygens (including phenoxy) is 2. The highest BCUT2D eigenvalue weighted by Gasteiger charge is 2.17. The summed E-state index contributed by atoms with van der Waals surface area (Å²) >= 11 is 3.50. The lowest BCUT2D eigenvalue weighted by Gasteiger charge is -2.20. The van der Waals surface area contributed by atoms with Gasteiger partial charge in [0, 0.05) is 19.1 Å². The summed E-state index contributed by atoms with van der Waals surface area (Å²) in [6.07, 6.45) is 0. The van der Waals surface area contributed by atoms with Gasteiger partial charge in [0.25, 0.3) is 0 Å². The molecule has 2 rings (SSSR count). The second-order valence-electron chi connectivity index (χ2n) is 4.75. The summed E-state index contributed by atoms with van der Waals surface area (Å²) in [4.78, 5) is 2.20. The predicted molar refractivity (Wildman–Crippen MR) is 75.1 cm³/mol. The molecule has 1 atom stereocenters. The molecule has 1 aliphatic heterocycles. The van der Waals surface area contributed by atoms with Gasteiger partial charge in [-0.25, -0.2) is 0 Å². The number of fused-ring (bicyclic) bond motifs is 1. The van der Waals surface area contributed by atoms with Crippen molar-refractivity contribution >= 4 is 15.9 Å². The molecule has 0 saturated heterocycles. The topological polar surface area (TPSA) is 33.7 Å². The fraction of sp³-hybridized carbons (Fsp3) is 0.538. The largest absolute Gasteiger partial charge is 0.454 e. The first-order valence-electron chi connectivity index (χ1n) is 6.03. The molecule has 5 heteroatoms. The third-order valence-electron chi connectivity index (χ3n) is 3.14. The lowest BCUT2D eigenvalue weighted by molar-refractivity contribution is 0.173. The van der Waals surface area contributed by atoms with Crippen molar-refractivity contribution in [3.63, 3.8) is 0 Å². The Morgan fingerprint density at radius 2 is 2.17 bits per heavy atom. The summed E-state index contributed by atoms with van der Waals surface area (Å²) in [5.74, 6) is 1.63. The van der Waals surface area contributed by atoms with Crippen LogP contribution in [-0.4, -0.2) is 38.4 Å². The van der Waals surface area contributed by atoms with E-state index in [1.54, 1.807) is 0 Å². The number of nitrogens with one attached hydrogen (secondary N) is 1. The van der Waals surface area contributed by atoms with Crippen LogP contribution in [-0.2, 0) is 6.54 Å². The predicted octanol–water partition coefficient (Wildman–Crippen LogP) is 2.22. The monoisotopic (exact) mass is 314 g/mol. The lowest BCUT2D eigenvalue weighted by atomic mass is 10.2. The maximum Gasteiger partial charge on any atom is 0.231 e. The molecule has 0 bridgehead atoms. The molecule has 0 aliphatic carbocycles. The van der Waals surface area contributed by atoms with E-state index in [9.17, 15) is 0 Å². The van der Waals surface area contributed by atoms with Crippen molar-refractivity contribution in [3.8, 4) is 11.5 Å². The third-order valence-corrected chi connectivity index (χ3v) is 3.73. The van der Waals surface area contributed by atoms with E-state index in [-0.39, 0.29) is 0 Å². The molecule has 0 radical (unpaired) electrons. The van der Waals surface area contributed by atoms with Crippen molar-refractivity contribution in [2.45, 2.75) is 19.5 Å². The minimum absolute atomic E-state index is 0.308. The first-order chi connectivity index (χ1) is 8.58. The van der Waals surface area contributed by atoms with E-state index in [4.69, 9.17) is 9.47 Å². The maximum atomic E-state index is 5.40. The highest BCUT2D eigenvalue weighted by Crippen LogP contribution is 2.39. The Morgan fingerprint density at radius 3 is 2.89 bits per heavy atom. The quantitative estimate of drug-likeness (QED) is 0.903. The number of likely N-dealkylation sites (N-methyl/N-ethyl adjacent to an activating group) is 1. The second kappa shape index (κ2) is 5.91. The van der Waals surface area contributed by atoms with Crippen LogP contribution in [0.1, 0.15) is 12.5 Å². The van der Waals surface area contributed by atoms with Gasteiger partial charge in [-0.2, -0.15) is 0 Å². The number of benzene rings is 1. The van der Waals surface area contributed by atoms with Gasteiger partial charge in [-0.05, 0) is 54.6 Å². The molecule has 4 nitrogen and oxygen atoms in total. The molecule has 1 aromatic carbocycles. The summed E-state index contributed by atoms with van der Waals surface area (Å²) in [7, 11) is 4.17. The maximum absolute atomic E-state index is 5.40. The molecule has 0 spiro atoms. The number of halogens is 1. The summed E-state index contributed by atoms with van der Waals surface area (Å²) in [5, 5.41) is 3.44. The van der Waals surface area contributed by atoms with Crippen LogP contribution in [0.4, 0.5) is 0 Å². The zero-order valence-corrected chi connectivity index (χ0v) is 12.6. The van der Waals surface area contributed by atoms with Gasteiger partial charge in [-0.3, -0.25) is 0 Å². The Hall–Kier alpha value is -0.780. The minimum atomic E-state index is 0.308.